The Balaban J connectivity index is 1.42. The lowest BCUT2D eigenvalue weighted by molar-refractivity contribution is -0.132. The summed E-state index contributed by atoms with van der Waals surface area (Å²) in [6, 6.07) is 61.7. The maximum absolute atomic E-state index is 12.1. The van der Waals surface area contributed by atoms with Crippen molar-refractivity contribution in [3.8, 4) is 16.5 Å². The van der Waals surface area contributed by atoms with E-state index in [1.807, 2.05) is 18.2 Å². The van der Waals surface area contributed by atoms with Crippen LogP contribution in [0.1, 0.15) is 43.0 Å². The van der Waals surface area contributed by atoms with Crippen molar-refractivity contribution in [2.45, 2.75) is 39.0 Å². The number of para-hydroxylation sites is 2. The molecular weight excluding hydrogens is 731 g/mol. The van der Waals surface area contributed by atoms with Gasteiger partial charge in [-0.2, -0.15) is 5.26 Å². The molecule has 5 nitrogen and oxygen atoms in total. The van der Waals surface area contributed by atoms with E-state index in [0.29, 0.717) is 0 Å². The molecule has 0 atom stereocenters. The number of thiophene rings is 1. The molecule has 8 aromatic rings. The molecule has 58 heavy (non-hydrogen) atoms. The molecule has 0 unspecified atom stereocenters. The topological polar surface area (TPSA) is 67.6 Å². The molecule has 8 rings (SSSR count). The third kappa shape index (κ3) is 7.99. The van der Waals surface area contributed by atoms with Crippen LogP contribution in [0.2, 0.25) is 0 Å². The van der Waals surface area contributed by atoms with Crippen LogP contribution >= 0.6 is 11.3 Å². The molecule has 7 aromatic carbocycles. The van der Waals surface area contributed by atoms with Crippen molar-refractivity contribution in [3.63, 3.8) is 0 Å². The molecule has 284 valence electrons. The molecule has 1 N–H and O–H groups in total. The van der Waals surface area contributed by atoms with E-state index in [1.165, 1.54) is 11.3 Å². The quantitative estimate of drug-likeness (QED) is 0.0677. The molecule has 0 fully saturated rings. The summed E-state index contributed by atoms with van der Waals surface area (Å²) in [6.07, 6.45) is 6.68. The van der Waals surface area contributed by atoms with Gasteiger partial charge < -0.3 is 14.9 Å². The second kappa shape index (κ2) is 17.5. The second-order valence-corrected chi connectivity index (χ2v) is 15.4. The zero-order valence-electron chi connectivity index (χ0n) is 32.4. The summed E-state index contributed by atoms with van der Waals surface area (Å²) >= 11 is 1.54. The molecule has 6 heteroatoms. The number of carboxylic acid groups (broad SMARTS) is 1. The van der Waals surface area contributed by atoms with E-state index in [9.17, 15) is 15.2 Å². The Kier molecular flexibility index (Phi) is 11.4. The Hall–Kier alpha value is -6.94. The SMILES string of the molecule is CCCCCCc1cc(-c2cc(N(c3ccccc3)c3cccc4ccccc34)cc(N(c3ccccc3)c3cccc4ccccc34)c2)sc1/C=C(/C#N)C(=O)O. The Morgan fingerprint density at radius 1 is 0.621 bits per heavy atom. The molecule has 0 saturated carbocycles. The molecule has 0 amide bonds. The van der Waals surface area contributed by atoms with E-state index < -0.39 is 5.97 Å². The van der Waals surface area contributed by atoms with Gasteiger partial charge in [0.25, 0.3) is 0 Å². The van der Waals surface area contributed by atoms with Crippen LogP contribution in [0.3, 0.4) is 0 Å². The van der Waals surface area contributed by atoms with Gasteiger partial charge in [0, 0.05) is 43.3 Å². The summed E-state index contributed by atoms with van der Waals surface area (Å²) in [7, 11) is 0. The third-order valence-corrected chi connectivity index (χ3v) is 11.7. The highest BCUT2D eigenvalue weighted by Crippen LogP contribution is 2.47. The minimum absolute atomic E-state index is 0.268. The Bertz CT molecular complexity index is 2630. The number of carboxylic acids is 1. The fourth-order valence-electron chi connectivity index (χ4n) is 7.73. The standard InChI is InChI=1S/C52H43N3O2S/c1-2-3-4-7-20-39-33-51(58-50(39)34-41(36-53)52(56)57)40-31-44(54(42-23-8-5-9-24-42)48-29-16-21-37-18-12-14-27-46(37)48)35-45(32-40)55(43-25-10-6-11-26-43)49-30-17-22-38-19-13-15-28-47(38)49/h5-6,8-19,21-35H,2-4,7,20H2,1H3,(H,56,57)/b41-34-. The first-order valence-electron chi connectivity index (χ1n) is 19.8. The average Bonchev–Trinajstić information content (AvgIpc) is 3.67. The Morgan fingerprint density at radius 2 is 1.14 bits per heavy atom. The molecule has 0 bridgehead atoms. The molecule has 1 aromatic heterocycles. The van der Waals surface area contributed by atoms with E-state index in [1.54, 1.807) is 6.08 Å². The summed E-state index contributed by atoms with van der Waals surface area (Å²) in [6.45, 7) is 2.20. The van der Waals surface area contributed by atoms with Gasteiger partial charge in [-0.3, -0.25) is 0 Å². The van der Waals surface area contributed by atoms with Gasteiger partial charge in [0.1, 0.15) is 11.6 Å². The van der Waals surface area contributed by atoms with Crippen molar-refractivity contribution in [2.75, 3.05) is 9.80 Å². The van der Waals surface area contributed by atoms with Crippen LogP contribution in [0.25, 0.3) is 38.1 Å². The van der Waals surface area contributed by atoms with E-state index in [4.69, 9.17) is 0 Å². The predicted molar refractivity (Wildman–Crippen MR) is 243 cm³/mol. The van der Waals surface area contributed by atoms with Crippen molar-refractivity contribution in [1.82, 2.24) is 0 Å². The van der Waals surface area contributed by atoms with Gasteiger partial charge in [-0.15, -0.1) is 11.3 Å². The van der Waals surface area contributed by atoms with Gasteiger partial charge >= 0.3 is 5.97 Å². The van der Waals surface area contributed by atoms with E-state index in [-0.39, 0.29) is 5.57 Å². The first-order chi connectivity index (χ1) is 28.5. The molecule has 0 aliphatic heterocycles. The third-order valence-electron chi connectivity index (χ3n) is 10.5. The largest absolute Gasteiger partial charge is 0.477 e. The fourth-order valence-corrected chi connectivity index (χ4v) is 8.87. The normalized spacial score (nSPS) is 11.4. The molecular formula is C52H43N3O2S. The maximum Gasteiger partial charge on any atom is 0.346 e. The molecule has 0 aliphatic carbocycles. The second-order valence-electron chi connectivity index (χ2n) is 14.4. The highest BCUT2D eigenvalue weighted by molar-refractivity contribution is 7.16. The maximum atomic E-state index is 12.1. The smallest absolute Gasteiger partial charge is 0.346 e. The van der Waals surface area contributed by atoms with E-state index >= 15 is 0 Å². The number of hydrogen-bond acceptors (Lipinski definition) is 5. The lowest BCUT2D eigenvalue weighted by Crippen LogP contribution is -2.14. The van der Waals surface area contributed by atoms with Gasteiger partial charge in [-0.25, -0.2) is 4.79 Å². The number of aryl methyl sites for hydroxylation is 1. The molecule has 0 spiro atoms. The zero-order valence-corrected chi connectivity index (χ0v) is 33.2. The lowest BCUT2D eigenvalue weighted by atomic mass is 10.0. The number of benzene rings is 7. The number of nitriles is 1. The van der Waals surface area contributed by atoms with Crippen LogP contribution in [0, 0.1) is 11.3 Å². The van der Waals surface area contributed by atoms with Crippen molar-refractivity contribution >= 4 is 79.1 Å². The number of rotatable bonds is 14. The van der Waals surface area contributed by atoms with Crippen molar-refractivity contribution in [3.05, 3.63) is 186 Å². The van der Waals surface area contributed by atoms with E-state index in [2.05, 4.69) is 174 Å². The monoisotopic (exact) mass is 773 g/mol. The summed E-state index contributed by atoms with van der Waals surface area (Å²) < 4.78 is 0. The highest BCUT2D eigenvalue weighted by Gasteiger charge is 2.23. The number of carbonyl (C=O) groups is 1. The van der Waals surface area contributed by atoms with Crippen LogP contribution < -0.4 is 9.80 Å². The van der Waals surface area contributed by atoms with Crippen LogP contribution in [0.15, 0.2) is 175 Å². The van der Waals surface area contributed by atoms with Gasteiger partial charge in [-0.05, 0) is 101 Å². The van der Waals surface area contributed by atoms with Crippen molar-refractivity contribution in [1.29, 1.82) is 5.26 Å². The molecule has 0 saturated heterocycles. The summed E-state index contributed by atoms with van der Waals surface area (Å²) in [5, 5.41) is 24.2. The zero-order chi connectivity index (χ0) is 39.8. The Labute approximate surface area is 344 Å². The fraction of sp³-hybridized carbons (Fsp3) is 0.115. The summed E-state index contributed by atoms with van der Waals surface area (Å²) in [4.78, 5) is 18.6. The minimum atomic E-state index is -1.22. The van der Waals surface area contributed by atoms with Crippen molar-refractivity contribution in [2.24, 2.45) is 0 Å². The van der Waals surface area contributed by atoms with Gasteiger partial charge in [0.15, 0.2) is 0 Å². The number of hydrogen-bond donors (Lipinski definition) is 1. The number of aliphatic carboxylic acids is 1. The number of unbranched alkanes of at least 4 members (excludes halogenated alkanes) is 3. The summed E-state index contributed by atoms with van der Waals surface area (Å²) in [5.41, 5.74) is 7.85. The predicted octanol–water partition coefficient (Wildman–Crippen LogP) is 14.8. The van der Waals surface area contributed by atoms with Crippen molar-refractivity contribution < 1.29 is 9.90 Å². The summed E-state index contributed by atoms with van der Waals surface area (Å²) in [5.74, 6) is -1.22. The molecule has 0 aliphatic rings. The average molecular weight is 774 g/mol. The highest BCUT2D eigenvalue weighted by atomic mass is 32.1. The van der Waals surface area contributed by atoms with Gasteiger partial charge in [0.05, 0.1) is 11.4 Å². The first-order valence-corrected chi connectivity index (χ1v) is 20.6. The molecule has 1 heterocycles. The lowest BCUT2D eigenvalue weighted by Gasteiger charge is -2.31. The van der Waals surface area contributed by atoms with E-state index in [0.717, 1.165) is 109 Å². The van der Waals surface area contributed by atoms with Gasteiger partial charge in [-0.1, -0.05) is 135 Å². The first kappa shape index (κ1) is 38.0. The number of nitrogens with zero attached hydrogens (tertiary/aromatic N) is 3. The minimum Gasteiger partial charge on any atom is -0.477 e. The van der Waals surface area contributed by atoms with Crippen LogP contribution in [0.4, 0.5) is 34.1 Å². The number of anilines is 6. The Morgan fingerprint density at radius 3 is 1.66 bits per heavy atom. The van der Waals surface area contributed by atoms with Crippen LogP contribution in [-0.2, 0) is 11.2 Å². The molecule has 0 radical (unpaired) electrons. The number of fused-ring (bicyclic) bond motifs is 2. The van der Waals surface area contributed by atoms with Crippen LogP contribution in [-0.4, -0.2) is 11.1 Å². The van der Waals surface area contributed by atoms with Crippen LogP contribution in [0.5, 0.6) is 0 Å². The van der Waals surface area contributed by atoms with Gasteiger partial charge in [0.2, 0.25) is 0 Å².